The van der Waals surface area contributed by atoms with Crippen molar-refractivity contribution in [3.63, 3.8) is 0 Å². The molecule has 0 spiro atoms. The van der Waals surface area contributed by atoms with Crippen LogP contribution in [0.4, 0.5) is 8.78 Å². The van der Waals surface area contributed by atoms with E-state index in [1.165, 1.54) is 24.3 Å². The van der Waals surface area contributed by atoms with Gasteiger partial charge in [-0.3, -0.25) is 0 Å². The van der Waals surface area contributed by atoms with Gasteiger partial charge in [0.1, 0.15) is 23.1 Å². The predicted molar refractivity (Wildman–Crippen MR) is 83.2 cm³/mol. The van der Waals surface area contributed by atoms with Crippen LogP contribution in [-0.2, 0) is 0 Å². The molecule has 0 fully saturated rings. The first-order valence-electron chi connectivity index (χ1n) is 6.76. The number of benzene rings is 2. The summed E-state index contributed by atoms with van der Waals surface area (Å²) in [4.78, 5) is 0. The molecule has 20 heavy (non-hydrogen) atoms. The molecule has 0 amide bonds. The summed E-state index contributed by atoms with van der Waals surface area (Å²) in [5.41, 5.74) is 0. The third kappa shape index (κ3) is 3.77. The highest BCUT2D eigenvalue weighted by atomic mass is 31.1. The van der Waals surface area contributed by atoms with Crippen LogP contribution >= 0.6 is 8.58 Å². The van der Waals surface area contributed by atoms with Crippen LogP contribution in [0.5, 0.6) is 11.5 Å². The zero-order valence-electron chi connectivity index (χ0n) is 12.1. The molecular weight excluding hydrogens is 277 g/mol. The van der Waals surface area contributed by atoms with Crippen molar-refractivity contribution in [2.75, 3.05) is 0 Å². The van der Waals surface area contributed by atoms with Crippen LogP contribution in [0.1, 0.15) is 27.7 Å². The van der Waals surface area contributed by atoms with Crippen molar-refractivity contribution in [3.8, 4) is 11.5 Å². The van der Waals surface area contributed by atoms with Crippen LogP contribution < -0.4 is 15.3 Å². The molecule has 0 N–H and O–H groups in total. The third-order valence-electron chi connectivity index (χ3n) is 2.37. The first-order chi connectivity index (χ1) is 9.72. The van der Waals surface area contributed by atoms with Crippen molar-refractivity contribution in [1.82, 2.24) is 0 Å². The van der Waals surface area contributed by atoms with Gasteiger partial charge in [-0.2, -0.15) is 0 Å². The molecule has 2 aromatic carbocycles. The van der Waals surface area contributed by atoms with Gasteiger partial charge < -0.3 is 4.74 Å². The monoisotopic (exact) mass is 296 g/mol. The lowest BCUT2D eigenvalue weighted by Gasteiger charge is -2.19. The van der Waals surface area contributed by atoms with Crippen LogP contribution in [-0.4, -0.2) is 0 Å². The summed E-state index contributed by atoms with van der Waals surface area (Å²) in [5.74, 6) is 0.710. The molecule has 0 aliphatic carbocycles. The fourth-order valence-electron chi connectivity index (χ4n) is 1.64. The average molecular weight is 296 g/mol. The van der Waals surface area contributed by atoms with E-state index in [4.69, 9.17) is 4.74 Å². The molecule has 0 atom stereocenters. The van der Waals surface area contributed by atoms with Gasteiger partial charge in [0.05, 0.1) is 0 Å². The van der Waals surface area contributed by atoms with Crippen molar-refractivity contribution >= 4 is 19.2 Å². The number of halogens is 2. The second kappa shape index (κ2) is 7.96. The van der Waals surface area contributed by atoms with E-state index in [-0.39, 0.29) is 20.2 Å². The molecule has 0 aromatic heterocycles. The van der Waals surface area contributed by atoms with Crippen molar-refractivity contribution in [3.05, 3.63) is 48.0 Å². The van der Waals surface area contributed by atoms with E-state index in [9.17, 15) is 8.78 Å². The van der Waals surface area contributed by atoms with Crippen molar-refractivity contribution in [2.24, 2.45) is 0 Å². The molecule has 1 heterocycles. The van der Waals surface area contributed by atoms with Crippen LogP contribution in [0, 0.1) is 11.6 Å². The summed E-state index contributed by atoms with van der Waals surface area (Å²) >= 11 is 0. The standard InChI is InChI=1S/C12H7F2OP.2C2H6/c13-7-1-3-9-11(5-7)16-12-6-8(14)2-4-10(12)15-9;2*1-2/h1-6,16H;2*1-2H3. The summed E-state index contributed by atoms with van der Waals surface area (Å²) in [5, 5.41) is 1.55. The Labute approximate surface area is 120 Å². The lowest BCUT2D eigenvalue weighted by molar-refractivity contribution is 0.485. The number of rotatable bonds is 0. The molecule has 1 aliphatic rings. The molecule has 4 heteroatoms. The van der Waals surface area contributed by atoms with Crippen LogP contribution in [0.3, 0.4) is 0 Å². The van der Waals surface area contributed by atoms with Gasteiger partial charge in [0, 0.05) is 10.6 Å². The molecule has 0 unspecified atom stereocenters. The molecule has 0 saturated carbocycles. The Hall–Kier alpha value is -1.47. The number of fused-ring (bicyclic) bond motifs is 2. The van der Waals surface area contributed by atoms with E-state index in [0.717, 1.165) is 10.6 Å². The van der Waals surface area contributed by atoms with E-state index in [1.54, 1.807) is 12.1 Å². The van der Waals surface area contributed by atoms with Crippen molar-refractivity contribution < 1.29 is 13.5 Å². The molecule has 0 bridgehead atoms. The first kappa shape index (κ1) is 16.6. The highest BCUT2D eigenvalue weighted by Crippen LogP contribution is 2.33. The lowest BCUT2D eigenvalue weighted by Crippen LogP contribution is -2.16. The molecule has 2 aromatic rings. The Morgan fingerprint density at radius 2 is 1.15 bits per heavy atom. The maximum atomic E-state index is 13.0. The average Bonchev–Trinajstić information content (AvgIpc) is 2.49. The fourth-order valence-corrected chi connectivity index (χ4v) is 2.87. The fraction of sp³-hybridized carbons (Fsp3) is 0.250. The van der Waals surface area contributed by atoms with Gasteiger partial charge in [0.2, 0.25) is 0 Å². The predicted octanol–water partition coefficient (Wildman–Crippen LogP) is 4.75. The van der Waals surface area contributed by atoms with Gasteiger partial charge in [0.15, 0.2) is 0 Å². The van der Waals surface area contributed by atoms with Gasteiger partial charge in [-0.1, -0.05) is 36.3 Å². The minimum absolute atomic E-state index is 0.232. The number of hydrogen-bond acceptors (Lipinski definition) is 1. The summed E-state index contributed by atoms with van der Waals surface area (Å²) in [6.45, 7) is 8.00. The Balaban J connectivity index is 0.000000461. The third-order valence-corrected chi connectivity index (χ3v) is 3.69. The van der Waals surface area contributed by atoms with Gasteiger partial charge >= 0.3 is 0 Å². The van der Waals surface area contributed by atoms with E-state index in [1.807, 2.05) is 27.7 Å². The Morgan fingerprint density at radius 3 is 1.55 bits per heavy atom. The summed E-state index contributed by atoms with van der Waals surface area (Å²) in [7, 11) is 0.232. The second-order valence-electron chi connectivity index (χ2n) is 3.51. The van der Waals surface area contributed by atoms with Crippen LogP contribution in [0.25, 0.3) is 0 Å². The largest absolute Gasteiger partial charge is 0.456 e. The smallest absolute Gasteiger partial charge is 0.135 e. The van der Waals surface area contributed by atoms with E-state index in [0.29, 0.717) is 11.5 Å². The van der Waals surface area contributed by atoms with Gasteiger partial charge in [-0.15, -0.1) is 0 Å². The maximum absolute atomic E-state index is 13.0. The second-order valence-corrected chi connectivity index (χ2v) is 4.84. The first-order valence-corrected chi connectivity index (χ1v) is 7.76. The van der Waals surface area contributed by atoms with Gasteiger partial charge in [-0.05, 0) is 36.4 Å². The molecule has 108 valence electrons. The zero-order chi connectivity index (χ0) is 15.1. The van der Waals surface area contributed by atoms with Gasteiger partial charge in [0.25, 0.3) is 0 Å². The highest BCUT2D eigenvalue weighted by Gasteiger charge is 2.17. The Kier molecular flexibility index (Phi) is 6.60. The molecule has 0 saturated heterocycles. The molecule has 1 aliphatic heterocycles. The van der Waals surface area contributed by atoms with Crippen LogP contribution in [0.2, 0.25) is 0 Å². The molecule has 0 radical (unpaired) electrons. The lowest BCUT2D eigenvalue weighted by atomic mass is 10.3. The maximum Gasteiger partial charge on any atom is 0.135 e. The Morgan fingerprint density at radius 1 is 0.750 bits per heavy atom. The highest BCUT2D eigenvalue weighted by molar-refractivity contribution is 7.56. The summed E-state index contributed by atoms with van der Waals surface area (Å²) in [6, 6.07) is 8.78. The topological polar surface area (TPSA) is 9.23 Å². The van der Waals surface area contributed by atoms with Crippen molar-refractivity contribution in [2.45, 2.75) is 27.7 Å². The van der Waals surface area contributed by atoms with E-state index >= 15 is 0 Å². The zero-order valence-corrected chi connectivity index (χ0v) is 13.1. The van der Waals surface area contributed by atoms with E-state index < -0.39 is 0 Å². The quantitative estimate of drug-likeness (QED) is 0.544. The molecular formula is C16H19F2OP. The minimum atomic E-state index is -0.297. The molecule has 1 nitrogen and oxygen atoms in total. The minimum Gasteiger partial charge on any atom is -0.456 e. The van der Waals surface area contributed by atoms with Crippen LogP contribution in [0.15, 0.2) is 36.4 Å². The van der Waals surface area contributed by atoms with Crippen molar-refractivity contribution in [1.29, 1.82) is 0 Å². The number of hydrogen-bond donors (Lipinski definition) is 0. The summed E-state index contributed by atoms with van der Waals surface area (Å²) < 4.78 is 31.6. The normalized spacial score (nSPS) is 10.7. The van der Waals surface area contributed by atoms with Gasteiger partial charge in [-0.25, -0.2) is 8.78 Å². The number of ether oxygens (including phenoxy) is 1. The Bertz CT molecular complexity index is 521. The SMILES string of the molecule is CC.CC.Fc1ccc2c(c1)Pc1cc(F)ccc1O2. The molecule has 3 rings (SSSR count). The van der Waals surface area contributed by atoms with E-state index in [2.05, 4.69) is 0 Å². The summed E-state index contributed by atoms with van der Waals surface area (Å²) in [6.07, 6.45) is 0.